The molecule has 0 saturated carbocycles. The lowest BCUT2D eigenvalue weighted by Gasteiger charge is -2.33. The molecule has 0 N–H and O–H groups in total. The van der Waals surface area contributed by atoms with E-state index in [-0.39, 0.29) is 11.6 Å². The molecule has 25 heavy (non-hydrogen) atoms. The molecule has 4 nitrogen and oxygen atoms in total. The van der Waals surface area contributed by atoms with Crippen molar-refractivity contribution in [3.8, 4) is 0 Å². The molecule has 2 bridgehead atoms. The molecule has 2 fully saturated rings. The maximum atomic E-state index is 11.4. The molecular formula is C21H32N2O2. The van der Waals surface area contributed by atoms with Crippen molar-refractivity contribution in [2.75, 3.05) is 26.2 Å². The van der Waals surface area contributed by atoms with E-state index in [1.807, 2.05) is 32.0 Å². The number of hydrogen-bond donors (Lipinski definition) is 0. The number of carbonyl (C=O) groups is 2. The van der Waals surface area contributed by atoms with Gasteiger partial charge in [0.2, 0.25) is 0 Å². The summed E-state index contributed by atoms with van der Waals surface area (Å²) in [4.78, 5) is 27.6. The Bertz CT molecular complexity index is 599. The SMILES string of the molecule is CC.CC(=O)CN1CC2C[C@H]1CN2CCCc1cccc(C(C)=O)c1. The highest BCUT2D eigenvalue weighted by atomic mass is 16.1. The van der Waals surface area contributed by atoms with E-state index in [2.05, 4.69) is 15.9 Å². The molecule has 1 aromatic rings. The zero-order valence-corrected chi connectivity index (χ0v) is 16.1. The number of likely N-dealkylation sites (tertiary alicyclic amines) is 2. The summed E-state index contributed by atoms with van der Waals surface area (Å²) in [6, 6.07) is 9.19. The Kier molecular flexibility index (Phi) is 7.33. The highest BCUT2D eigenvalue weighted by molar-refractivity contribution is 5.94. The second kappa shape index (κ2) is 9.25. The molecular weight excluding hydrogens is 312 g/mol. The van der Waals surface area contributed by atoms with Crippen LogP contribution in [0.25, 0.3) is 0 Å². The molecule has 0 radical (unpaired) electrons. The first-order chi connectivity index (χ1) is 12.0. The van der Waals surface area contributed by atoms with Crippen molar-refractivity contribution in [2.24, 2.45) is 0 Å². The van der Waals surface area contributed by atoms with Crippen LogP contribution in [-0.2, 0) is 11.2 Å². The summed E-state index contributed by atoms with van der Waals surface area (Å²) in [5, 5.41) is 0. The standard InChI is InChI=1S/C19H26N2O2.C2H6/c1-14(22)11-21-13-18-10-19(21)12-20(18)8-4-6-16-5-3-7-17(9-16)15(2)23;1-2/h3,5,7,9,18-19H,4,6,8,10-13H2,1-2H3;1-2H3/t18?,19-;/m0./s1. The maximum absolute atomic E-state index is 11.4. The molecule has 1 unspecified atom stereocenters. The topological polar surface area (TPSA) is 40.6 Å². The minimum Gasteiger partial charge on any atom is -0.299 e. The summed E-state index contributed by atoms with van der Waals surface area (Å²) >= 11 is 0. The average molecular weight is 344 g/mol. The van der Waals surface area contributed by atoms with Crippen LogP contribution in [0.1, 0.15) is 56.5 Å². The number of nitrogens with zero attached hydrogens (tertiary/aromatic N) is 2. The Labute approximate surface area is 152 Å². The zero-order valence-electron chi connectivity index (χ0n) is 16.1. The fourth-order valence-electron chi connectivity index (χ4n) is 4.02. The number of carbonyl (C=O) groups excluding carboxylic acids is 2. The van der Waals surface area contributed by atoms with E-state index in [1.54, 1.807) is 13.8 Å². The number of benzene rings is 1. The van der Waals surface area contributed by atoms with Crippen molar-refractivity contribution in [1.29, 1.82) is 0 Å². The molecule has 3 rings (SSSR count). The van der Waals surface area contributed by atoms with Gasteiger partial charge in [0.25, 0.3) is 0 Å². The number of hydrogen-bond acceptors (Lipinski definition) is 4. The number of Topliss-reactive ketones (excluding diaryl/α,β-unsaturated/α-hetero) is 2. The first-order valence-electron chi connectivity index (χ1n) is 9.60. The van der Waals surface area contributed by atoms with Gasteiger partial charge in [-0.05, 0) is 51.3 Å². The smallest absolute Gasteiger partial charge is 0.159 e. The molecule has 138 valence electrons. The lowest BCUT2D eigenvalue weighted by Crippen LogP contribution is -2.47. The van der Waals surface area contributed by atoms with Crippen LogP contribution >= 0.6 is 0 Å². The summed E-state index contributed by atoms with van der Waals surface area (Å²) in [7, 11) is 0. The van der Waals surface area contributed by atoms with Crippen molar-refractivity contribution in [3.63, 3.8) is 0 Å². The Hall–Kier alpha value is -1.52. The molecule has 1 aromatic carbocycles. The summed E-state index contributed by atoms with van der Waals surface area (Å²) in [5.74, 6) is 0.406. The Morgan fingerprint density at radius 1 is 1.08 bits per heavy atom. The number of rotatable bonds is 7. The summed E-state index contributed by atoms with van der Waals surface area (Å²) in [6.07, 6.45) is 3.36. The van der Waals surface area contributed by atoms with Gasteiger partial charge in [-0.3, -0.25) is 19.4 Å². The van der Waals surface area contributed by atoms with E-state index in [4.69, 9.17) is 0 Å². The lowest BCUT2D eigenvalue weighted by molar-refractivity contribution is -0.118. The predicted molar refractivity (Wildman–Crippen MR) is 102 cm³/mol. The Balaban J connectivity index is 0.00000109. The van der Waals surface area contributed by atoms with Gasteiger partial charge in [-0.15, -0.1) is 0 Å². The van der Waals surface area contributed by atoms with E-state index in [0.717, 1.165) is 38.0 Å². The van der Waals surface area contributed by atoms with Crippen LogP contribution in [0.4, 0.5) is 0 Å². The molecule has 4 heteroatoms. The van der Waals surface area contributed by atoms with Crippen LogP contribution < -0.4 is 0 Å². The van der Waals surface area contributed by atoms with E-state index < -0.39 is 0 Å². The molecule has 2 atom stereocenters. The Morgan fingerprint density at radius 2 is 1.76 bits per heavy atom. The number of fused-ring (bicyclic) bond motifs is 2. The fraction of sp³-hybridized carbons (Fsp3) is 0.619. The monoisotopic (exact) mass is 344 g/mol. The van der Waals surface area contributed by atoms with Crippen LogP contribution in [0.15, 0.2) is 24.3 Å². The maximum Gasteiger partial charge on any atom is 0.159 e. The predicted octanol–water partition coefficient (Wildman–Crippen LogP) is 3.20. The van der Waals surface area contributed by atoms with Crippen LogP contribution in [0.2, 0.25) is 0 Å². The summed E-state index contributed by atoms with van der Waals surface area (Å²) in [6.45, 7) is 11.2. The van der Waals surface area contributed by atoms with Gasteiger partial charge in [0, 0.05) is 30.7 Å². The van der Waals surface area contributed by atoms with Gasteiger partial charge < -0.3 is 0 Å². The average Bonchev–Trinajstić information content (AvgIpc) is 3.16. The minimum atomic E-state index is 0.134. The van der Waals surface area contributed by atoms with Crippen LogP contribution in [0.5, 0.6) is 0 Å². The quantitative estimate of drug-likeness (QED) is 0.712. The van der Waals surface area contributed by atoms with Crippen molar-refractivity contribution >= 4 is 11.6 Å². The van der Waals surface area contributed by atoms with Crippen molar-refractivity contribution in [1.82, 2.24) is 9.80 Å². The van der Waals surface area contributed by atoms with E-state index in [0.29, 0.717) is 18.6 Å². The molecule has 2 aliphatic rings. The third-order valence-electron chi connectivity index (χ3n) is 5.14. The number of aryl methyl sites for hydroxylation is 1. The van der Waals surface area contributed by atoms with Crippen molar-refractivity contribution in [2.45, 2.75) is 59.0 Å². The molecule has 0 aliphatic carbocycles. The number of piperazine rings is 1. The van der Waals surface area contributed by atoms with E-state index >= 15 is 0 Å². The largest absolute Gasteiger partial charge is 0.299 e. The van der Waals surface area contributed by atoms with Crippen molar-refractivity contribution < 1.29 is 9.59 Å². The molecule has 0 spiro atoms. The highest BCUT2D eigenvalue weighted by Crippen LogP contribution is 2.30. The second-order valence-corrected chi connectivity index (χ2v) is 7.03. The molecule has 0 aromatic heterocycles. The van der Waals surface area contributed by atoms with Gasteiger partial charge in [-0.1, -0.05) is 32.0 Å². The normalized spacial score (nSPS) is 22.6. The summed E-state index contributed by atoms with van der Waals surface area (Å²) < 4.78 is 0. The van der Waals surface area contributed by atoms with Crippen LogP contribution in [-0.4, -0.2) is 59.6 Å². The minimum absolute atomic E-state index is 0.134. The van der Waals surface area contributed by atoms with Gasteiger partial charge in [-0.2, -0.15) is 0 Å². The zero-order chi connectivity index (χ0) is 18.4. The summed E-state index contributed by atoms with van der Waals surface area (Å²) in [5.41, 5.74) is 2.06. The fourth-order valence-corrected chi connectivity index (χ4v) is 4.02. The van der Waals surface area contributed by atoms with Gasteiger partial charge >= 0.3 is 0 Å². The van der Waals surface area contributed by atoms with Gasteiger partial charge in [0.05, 0.1) is 6.54 Å². The van der Waals surface area contributed by atoms with E-state index in [1.165, 1.54) is 12.0 Å². The van der Waals surface area contributed by atoms with Gasteiger partial charge in [0.15, 0.2) is 5.78 Å². The van der Waals surface area contributed by atoms with Crippen molar-refractivity contribution in [3.05, 3.63) is 35.4 Å². The van der Waals surface area contributed by atoms with Gasteiger partial charge in [-0.25, -0.2) is 0 Å². The molecule has 2 heterocycles. The van der Waals surface area contributed by atoms with E-state index in [9.17, 15) is 9.59 Å². The molecule has 2 saturated heterocycles. The lowest BCUT2D eigenvalue weighted by atomic mass is 10.0. The molecule has 2 aliphatic heterocycles. The first-order valence-corrected chi connectivity index (χ1v) is 9.60. The highest BCUT2D eigenvalue weighted by Gasteiger charge is 2.42. The number of ketones is 2. The molecule has 0 amide bonds. The first kappa shape index (κ1) is 19.8. The van der Waals surface area contributed by atoms with Crippen LogP contribution in [0, 0.1) is 0 Å². The second-order valence-electron chi connectivity index (χ2n) is 7.03. The Morgan fingerprint density at radius 3 is 2.36 bits per heavy atom. The van der Waals surface area contributed by atoms with Gasteiger partial charge in [0.1, 0.15) is 5.78 Å². The third-order valence-corrected chi connectivity index (χ3v) is 5.14. The van der Waals surface area contributed by atoms with Crippen LogP contribution in [0.3, 0.4) is 0 Å². The third kappa shape index (κ3) is 5.23.